The molecule has 1 unspecified atom stereocenters. The minimum absolute atomic E-state index is 0.0229. The first-order valence-electron chi connectivity index (χ1n) is 4.76. The Hall–Kier alpha value is -1.14. The van der Waals surface area contributed by atoms with Crippen LogP contribution in [0.5, 0.6) is 0 Å². The van der Waals surface area contributed by atoms with Gasteiger partial charge in [-0.25, -0.2) is 19.8 Å². The van der Waals surface area contributed by atoms with E-state index in [9.17, 15) is 4.21 Å². The first-order chi connectivity index (χ1) is 7.05. The summed E-state index contributed by atoms with van der Waals surface area (Å²) in [6.45, 7) is 1.83. The normalized spacial score (nSPS) is 19.6. The van der Waals surface area contributed by atoms with Crippen LogP contribution in [0.3, 0.4) is 0 Å². The van der Waals surface area contributed by atoms with Gasteiger partial charge in [0.15, 0.2) is 0 Å². The monoisotopic (exact) mass is 226 g/mol. The molecule has 1 heterocycles. The standard InChI is InChI=1S/C9H14N4OS/c1-6-4-9(13-10)12-5-8(6)15(11,14)7-2-3-7/h4-5,7,11H,2-3,10H2,1H3,(H,12,13). The van der Waals surface area contributed by atoms with Crippen LogP contribution in [0.25, 0.3) is 0 Å². The van der Waals surface area contributed by atoms with Crippen molar-refractivity contribution in [3.05, 3.63) is 17.8 Å². The molecule has 15 heavy (non-hydrogen) atoms. The molecular formula is C9H14N4OS. The summed E-state index contributed by atoms with van der Waals surface area (Å²) in [4.78, 5) is 4.54. The number of hydrogen-bond donors (Lipinski definition) is 3. The van der Waals surface area contributed by atoms with Crippen molar-refractivity contribution in [1.82, 2.24) is 4.98 Å². The molecule has 6 heteroatoms. The van der Waals surface area contributed by atoms with Crippen LogP contribution in [0.15, 0.2) is 17.2 Å². The average Bonchev–Trinajstić information content (AvgIpc) is 3.00. The first kappa shape index (κ1) is 10.4. The molecule has 0 aliphatic heterocycles. The fourth-order valence-corrected chi connectivity index (χ4v) is 3.42. The van der Waals surface area contributed by atoms with Crippen molar-refractivity contribution in [2.75, 3.05) is 5.43 Å². The van der Waals surface area contributed by atoms with E-state index in [2.05, 4.69) is 10.4 Å². The summed E-state index contributed by atoms with van der Waals surface area (Å²) >= 11 is 0. The van der Waals surface area contributed by atoms with Crippen LogP contribution in [-0.2, 0) is 9.73 Å². The summed E-state index contributed by atoms with van der Waals surface area (Å²) in [5, 5.41) is 0.0229. The molecule has 0 bridgehead atoms. The topological polar surface area (TPSA) is 91.9 Å². The highest BCUT2D eigenvalue weighted by Gasteiger charge is 2.34. The third-order valence-electron chi connectivity index (χ3n) is 2.53. The van der Waals surface area contributed by atoms with Gasteiger partial charge in [-0.15, -0.1) is 0 Å². The summed E-state index contributed by atoms with van der Waals surface area (Å²) in [7, 11) is -2.65. The van der Waals surface area contributed by atoms with Crippen LogP contribution in [-0.4, -0.2) is 14.4 Å². The fourth-order valence-electron chi connectivity index (χ4n) is 1.52. The zero-order chi connectivity index (χ0) is 11.1. The lowest BCUT2D eigenvalue weighted by Gasteiger charge is -2.10. The van der Waals surface area contributed by atoms with Gasteiger partial charge in [-0.05, 0) is 31.4 Å². The van der Waals surface area contributed by atoms with E-state index in [0.717, 1.165) is 18.4 Å². The maximum absolute atomic E-state index is 12.1. The summed E-state index contributed by atoms with van der Waals surface area (Å²) in [5.41, 5.74) is 3.24. The quantitative estimate of drug-likeness (QED) is 0.534. The van der Waals surface area contributed by atoms with Crippen molar-refractivity contribution in [1.29, 1.82) is 4.78 Å². The number of hydrogen-bond acceptors (Lipinski definition) is 5. The number of nitrogen functional groups attached to an aromatic ring is 1. The Morgan fingerprint density at radius 2 is 2.33 bits per heavy atom. The molecule has 5 nitrogen and oxygen atoms in total. The van der Waals surface area contributed by atoms with Crippen LogP contribution < -0.4 is 11.3 Å². The van der Waals surface area contributed by atoms with Gasteiger partial charge in [-0.3, -0.25) is 0 Å². The number of hydrazine groups is 1. The minimum Gasteiger partial charge on any atom is -0.308 e. The summed E-state index contributed by atoms with van der Waals surface area (Å²) < 4.78 is 20.0. The molecule has 0 aromatic carbocycles. The molecule has 1 atom stereocenters. The number of pyridine rings is 1. The Bertz CT molecular complexity index is 479. The van der Waals surface area contributed by atoms with E-state index >= 15 is 0 Å². The van der Waals surface area contributed by atoms with Gasteiger partial charge in [0.05, 0.1) is 14.6 Å². The Morgan fingerprint density at radius 1 is 1.67 bits per heavy atom. The number of anilines is 1. The van der Waals surface area contributed by atoms with E-state index in [0.29, 0.717) is 10.7 Å². The van der Waals surface area contributed by atoms with Crippen molar-refractivity contribution in [3.63, 3.8) is 0 Å². The van der Waals surface area contributed by atoms with Gasteiger partial charge in [0.25, 0.3) is 0 Å². The predicted molar refractivity (Wildman–Crippen MR) is 58.9 cm³/mol. The van der Waals surface area contributed by atoms with Crippen molar-refractivity contribution < 1.29 is 4.21 Å². The van der Waals surface area contributed by atoms with E-state index in [-0.39, 0.29) is 5.25 Å². The van der Waals surface area contributed by atoms with Crippen LogP contribution >= 0.6 is 0 Å². The molecule has 4 N–H and O–H groups in total. The Balaban J connectivity index is 2.45. The zero-order valence-corrected chi connectivity index (χ0v) is 9.30. The summed E-state index contributed by atoms with van der Waals surface area (Å²) in [5.74, 6) is 5.75. The fraction of sp³-hybridized carbons (Fsp3) is 0.444. The van der Waals surface area contributed by atoms with Gasteiger partial charge in [0.2, 0.25) is 0 Å². The molecule has 0 spiro atoms. The number of aromatic nitrogens is 1. The molecule has 1 aromatic rings. The Kier molecular flexibility index (Phi) is 2.40. The summed E-state index contributed by atoms with van der Waals surface area (Å²) in [6, 6.07) is 1.71. The molecular weight excluding hydrogens is 212 g/mol. The molecule has 1 aliphatic rings. The number of nitrogens with zero attached hydrogens (tertiary/aromatic N) is 1. The predicted octanol–water partition coefficient (Wildman–Crippen LogP) is 1.24. The molecule has 1 fully saturated rings. The van der Waals surface area contributed by atoms with Crippen LogP contribution in [0, 0.1) is 11.7 Å². The Morgan fingerprint density at radius 3 is 2.80 bits per heavy atom. The lowest BCUT2D eigenvalue weighted by atomic mass is 10.3. The van der Waals surface area contributed by atoms with Gasteiger partial charge in [-0.2, -0.15) is 0 Å². The number of nitrogens with one attached hydrogen (secondary N) is 2. The van der Waals surface area contributed by atoms with Crippen LogP contribution in [0.1, 0.15) is 18.4 Å². The summed E-state index contributed by atoms with van der Waals surface area (Å²) in [6.07, 6.45) is 3.27. The number of nitrogens with two attached hydrogens (primary N) is 1. The molecule has 0 radical (unpaired) electrons. The van der Waals surface area contributed by atoms with Crippen molar-refractivity contribution in [2.24, 2.45) is 5.84 Å². The molecule has 1 saturated carbocycles. The van der Waals surface area contributed by atoms with E-state index in [1.165, 1.54) is 6.20 Å². The molecule has 1 aromatic heterocycles. The minimum atomic E-state index is -2.65. The third kappa shape index (κ3) is 1.82. The van der Waals surface area contributed by atoms with E-state index in [1.54, 1.807) is 6.07 Å². The highest BCUT2D eigenvalue weighted by Crippen LogP contribution is 2.35. The van der Waals surface area contributed by atoms with Gasteiger partial charge in [0, 0.05) is 11.4 Å². The second-order valence-corrected chi connectivity index (χ2v) is 6.09. The van der Waals surface area contributed by atoms with Crippen molar-refractivity contribution >= 4 is 15.5 Å². The van der Waals surface area contributed by atoms with Crippen molar-refractivity contribution in [3.8, 4) is 0 Å². The maximum Gasteiger partial charge on any atom is 0.140 e. The van der Waals surface area contributed by atoms with Crippen LogP contribution in [0.4, 0.5) is 5.82 Å². The largest absolute Gasteiger partial charge is 0.308 e. The van der Waals surface area contributed by atoms with Crippen molar-refractivity contribution in [2.45, 2.75) is 29.9 Å². The first-order valence-corrected chi connectivity index (χ1v) is 6.38. The van der Waals surface area contributed by atoms with Gasteiger partial charge in [0.1, 0.15) is 5.82 Å². The Labute approximate surface area is 89.0 Å². The molecule has 0 amide bonds. The second-order valence-electron chi connectivity index (χ2n) is 3.78. The number of aryl methyl sites for hydroxylation is 1. The van der Waals surface area contributed by atoms with Gasteiger partial charge in [-0.1, -0.05) is 0 Å². The smallest absolute Gasteiger partial charge is 0.140 e. The highest BCUT2D eigenvalue weighted by atomic mass is 32.2. The SMILES string of the molecule is Cc1cc(NN)ncc1S(=N)(=O)C1CC1. The van der Waals surface area contributed by atoms with E-state index < -0.39 is 9.73 Å². The highest BCUT2D eigenvalue weighted by molar-refractivity contribution is 7.93. The zero-order valence-electron chi connectivity index (χ0n) is 8.49. The van der Waals surface area contributed by atoms with E-state index in [1.807, 2.05) is 6.92 Å². The molecule has 82 valence electrons. The average molecular weight is 226 g/mol. The molecule has 2 rings (SSSR count). The van der Waals surface area contributed by atoms with E-state index in [4.69, 9.17) is 10.6 Å². The van der Waals surface area contributed by atoms with Gasteiger partial charge >= 0.3 is 0 Å². The lowest BCUT2D eigenvalue weighted by Crippen LogP contribution is -2.11. The van der Waals surface area contributed by atoms with Crippen LogP contribution in [0.2, 0.25) is 0 Å². The van der Waals surface area contributed by atoms with Gasteiger partial charge < -0.3 is 5.43 Å². The molecule has 0 saturated heterocycles. The maximum atomic E-state index is 12.1. The molecule has 1 aliphatic carbocycles. The second kappa shape index (κ2) is 3.46. The number of rotatable bonds is 3. The third-order valence-corrected chi connectivity index (χ3v) is 5.02. The lowest BCUT2D eigenvalue weighted by molar-refractivity contribution is 0.673.